The first kappa shape index (κ1) is 15.4. The highest BCUT2D eigenvalue weighted by Gasteiger charge is 2.53. The summed E-state index contributed by atoms with van der Waals surface area (Å²) in [6, 6.07) is 0. The highest BCUT2D eigenvalue weighted by molar-refractivity contribution is 5.97. The standard InChI is InChI=1S/C15H20O4/c1-6-9(2)12(13(17)18)15(19)10(3)7-11(16)8-14(15,4)5/h6-7,19H,1,8H2,2-5H3,(H,17,18). The van der Waals surface area contributed by atoms with E-state index in [9.17, 15) is 19.8 Å². The molecular formula is C15H20O4. The van der Waals surface area contributed by atoms with Crippen molar-refractivity contribution in [1.82, 2.24) is 0 Å². The number of carboxylic acids is 1. The number of rotatable bonds is 3. The average Bonchev–Trinajstić information content (AvgIpc) is 2.25. The number of carboxylic acid groups (broad SMARTS) is 1. The third kappa shape index (κ3) is 2.28. The number of ketones is 1. The van der Waals surface area contributed by atoms with Gasteiger partial charge in [-0.15, -0.1) is 0 Å². The Balaban J connectivity index is 3.67. The van der Waals surface area contributed by atoms with E-state index in [0.29, 0.717) is 11.1 Å². The molecule has 1 unspecified atom stereocenters. The fourth-order valence-corrected chi connectivity index (χ4v) is 2.74. The molecule has 0 saturated heterocycles. The molecule has 0 saturated carbocycles. The van der Waals surface area contributed by atoms with Crippen molar-refractivity contribution in [3.05, 3.63) is 35.5 Å². The predicted octanol–water partition coefficient (Wildman–Crippen LogP) is 2.25. The van der Waals surface area contributed by atoms with Gasteiger partial charge in [0.1, 0.15) is 5.60 Å². The number of hydrogen-bond donors (Lipinski definition) is 2. The summed E-state index contributed by atoms with van der Waals surface area (Å²) in [6.45, 7) is 10.1. The molecule has 4 nitrogen and oxygen atoms in total. The summed E-state index contributed by atoms with van der Waals surface area (Å²) in [6.07, 6.45) is 2.83. The number of hydrogen-bond acceptors (Lipinski definition) is 3. The second kappa shape index (κ2) is 4.78. The van der Waals surface area contributed by atoms with Gasteiger partial charge in [-0.05, 0) is 31.1 Å². The summed E-state index contributed by atoms with van der Waals surface area (Å²) < 4.78 is 0. The van der Waals surface area contributed by atoms with Gasteiger partial charge < -0.3 is 10.2 Å². The molecule has 2 N–H and O–H groups in total. The van der Waals surface area contributed by atoms with Crippen molar-refractivity contribution < 1.29 is 19.8 Å². The van der Waals surface area contributed by atoms with Gasteiger partial charge in [-0.25, -0.2) is 4.79 Å². The zero-order valence-electron chi connectivity index (χ0n) is 11.8. The van der Waals surface area contributed by atoms with Crippen LogP contribution in [0, 0.1) is 5.41 Å². The van der Waals surface area contributed by atoms with Gasteiger partial charge in [-0.3, -0.25) is 4.79 Å². The minimum Gasteiger partial charge on any atom is -0.478 e. The highest BCUT2D eigenvalue weighted by atomic mass is 16.4. The van der Waals surface area contributed by atoms with Gasteiger partial charge in [0.2, 0.25) is 0 Å². The van der Waals surface area contributed by atoms with E-state index in [1.54, 1.807) is 27.7 Å². The number of carbonyl (C=O) groups is 2. The fourth-order valence-electron chi connectivity index (χ4n) is 2.74. The maximum atomic E-state index is 11.6. The van der Waals surface area contributed by atoms with Gasteiger partial charge in [0, 0.05) is 11.8 Å². The lowest BCUT2D eigenvalue weighted by Crippen LogP contribution is -2.53. The zero-order chi connectivity index (χ0) is 15.0. The Morgan fingerprint density at radius 3 is 2.37 bits per heavy atom. The SMILES string of the molecule is C=CC(C)=C(C(=O)O)C1(O)C(C)=CC(=O)CC1(C)C. The fraction of sp³-hybridized carbons (Fsp3) is 0.467. The van der Waals surface area contributed by atoms with Gasteiger partial charge in [0.15, 0.2) is 5.78 Å². The Hall–Kier alpha value is -1.68. The molecule has 1 rings (SSSR count). The van der Waals surface area contributed by atoms with Crippen LogP contribution >= 0.6 is 0 Å². The van der Waals surface area contributed by atoms with E-state index in [2.05, 4.69) is 6.58 Å². The topological polar surface area (TPSA) is 74.6 Å². The van der Waals surface area contributed by atoms with Crippen LogP contribution in [-0.4, -0.2) is 27.6 Å². The van der Waals surface area contributed by atoms with Crippen LogP contribution in [0.3, 0.4) is 0 Å². The monoisotopic (exact) mass is 264 g/mol. The molecule has 1 aliphatic carbocycles. The molecule has 0 aliphatic heterocycles. The molecule has 104 valence electrons. The van der Waals surface area contributed by atoms with Crippen molar-refractivity contribution in [3.63, 3.8) is 0 Å². The van der Waals surface area contributed by atoms with Crippen LogP contribution < -0.4 is 0 Å². The highest BCUT2D eigenvalue weighted by Crippen LogP contribution is 2.48. The Morgan fingerprint density at radius 2 is 2.00 bits per heavy atom. The minimum atomic E-state index is -1.68. The first-order valence-electron chi connectivity index (χ1n) is 6.09. The second-order valence-corrected chi connectivity index (χ2v) is 5.63. The summed E-state index contributed by atoms with van der Waals surface area (Å²) >= 11 is 0. The van der Waals surface area contributed by atoms with Crippen molar-refractivity contribution in [3.8, 4) is 0 Å². The molecule has 0 bridgehead atoms. The molecule has 1 aliphatic rings. The van der Waals surface area contributed by atoms with Crippen LogP contribution in [0.2, 0.25) is 0 Å². The number of carbonyl (C=O) groups excluding carboxylic acids is 1. The molecule has 19 heavy (non-hydrogen) atoms. The first-order chi connectivity index (χ1) is 8.57. The van der Waals surface area contributed by atoms with Gasteiger partial charge in [0.25, 0.3) is 0 Å². The lowest BCUT2D eigenvalue weighted by molar-refractivity contribution is -0.138. The average molecular weight is 264 g/mol. The van der Waals surface area contributed by atoms with Crippen LogP contribution in [0.5, 0.6) is 0 Å². The zero-order valence-corrected chi connectivity index (χ0v) is 11.8. The molecule has 0 fully saturated rings. The second-order valence-electron chi connectivity index (χ2n) is 5.63. The van der Waals surface area contributed by atoms with Gasteiger partial charge in [-0.1, -0.05) is 26.5 Å². The molecule has 0 spiro atoms. The molecule has 0 aromatic heterocycles. The maximum absolute atomic E-state index is 11.6. The Morgan fingerprint density at radius 1 is 1.47 bits per heavy atom. The van der Waals surface area contributed by atoms with Crippen LogP contribution in [0.25, 0.3) is 0 Å². The van der Waals surface area contributed by atoms with Gasteiger partial charge in [0.05, 0.1) is 5.57 Å². The molecule has 1 atom stereocenters. The van der Waals surface area contributed by atoms with Crippen molar-refractivity contribution >= 4 is 11.8 Å². The van der Waals surface area contributed by atoms with Crippen molar-refractivity contribution in [2.75, 3.05) is 0 Å². The van der Waals surface area contributed by atoms with Crippen molar-refractivity contribution in [1.29, 1.82) is 0 Å². The maximum Gasteiger partial charge on any atom is 0.335 e. The normalized spacial score (nSPS) is 27.4. The number of aliphatic hydroxyl groups is 1. The van der Waals surface area contributed by atoms with Gasteiger partial charge in [-0.2, -0.15) is 0 Å². The van der Waals surface area contributed by atoms with Crippen LogP contribution in [0.15, 0.2) is 35.5 Å². The molecule has 0 amide bonds. The molecular weight excluding hydrogens is 244 g/mol. The summed E-state index contributed by atoms with van der Waals surface area (Å²) in [5.41, 5.74) is -1.93. The van der Waals surface area contributed by atoms with E-state index in [-0.39, 0.29) is 17.8 Å². The first-order valence-corrected chi connectivity index (χ1v) is 6.09. The number of allylic oxidation sites excluding steroid dienone is 3. The van der Waals surface area contributed by atoms with E-state index in [1.807, 2.05) is 0 Å². The Labute approximate surface area is 113 Å². The third-order valence-electron chi connectivity index (χ3n) is 3.82. The molecule has 0 aromatic rings. The van der Waals surface area contributed by atoms with E-state index in [4.69, 9.17) is 0 Å². The van der Waals surface area contributed by atoms with Crippen LogP contribution in [0.4, 0.5) is 0 Å². The summed E-state index contributed by atoms with van der Waals surface area (Å²) in [5.74, 6) is -1.30. The lowest BCUT2D eigenvalue weighted by atomic mass is 9.61. The summed E-state index contributed by atoms with van der Waals surface area (Å²) in [4.78, 5) is 23.2. The quantitative estimate of drug-likeness (QED) is 0.605. The van der Waals surface area contributed by atoms with E-state index in [0.717, 1.165) is 0 Å². The molecule has 0 aromatic carbocycles. The van der Waals surface area contributed by atoms with E-state index < -0.39 is 17.0 Å². The molecule has 0 heterocycles. The Bertz CT molecular complexity index is 508. The largest absolute Gasteiger partial charge is 0.478 e. The number of aliphatic carboxylic acids is 1. The Kier molecular flexibility index (Phi) is 3.87. The van der Waals surface area contributed by atoms with Crippen LogP contribution in [0.1, 0.15) is 34.1 Å². The van der Waals surface area contributed by atoms with E-state index in [1.165, 1.54) is 12.2 Å². The van der Waals surface area contributed by atoms with Crippen molar-refractivity contribution in [2.24, 2.45) is 5.41 Å². The van der Waals surface area contributed by atoms with Crippen molar-refractivity contribution in [2.45, 2.75) is 39.7 Å². The predicted molar refractivity (Wildman–Crippen MR) is 72.6 cm³/mol. The summed E-state index contributed by atoms with van der Waals surface area (Å²) in [5, 5.41) is 20.4. The van der Waals surface area contributed by atoms with E-state index >= 15 is 0 Å². The summed E-state index contributed by atoms with van der Waals surface area (Å²) in [7, 11) is 0. The third-order valence-corrected chi connectivity index (χ3v) is 3.82. The lowest BCUT2D eigenvalue weighted by Gasteiger charge is -2.46. The van der Waals surface area contributed by atoms with Crippen LogP contribution in [-0.2, 0) is 9.59 Å². The molecule has 0 radical (unpaired) electrons. The smallest absolute Gasteiger partial charge is 0.335 e. The minimum absolute atomic E-state index is 0.0992. The van der Waals surface area contributed by atoms with Gasteiger partial charge >= 0.3 is 5.97 Å². The molecule has 4 heteroatoms.